The molecule has 37 heavy (non-hydrogen) atoms. The Labute approximate surface area is 237 Å². The summed E-state index contributed by atoms with van der Waals surface area (Å²) >= 11 is 15.9. The van der Waals surface area contributed by atoms with Gasteiger partial charge in [0.15, 0.2) is 0 Å². The Hall–Kier alpha value is -1.81. The normalized spacial score (nSPS) is 15.2. The highest BCUT2D eigenvalue weighted by molar-refractivity contribution is 9.10. The van der Waals surface area contributed by atoms with Gasteiger partial charge in [-0.2, -0.15) is 0 Å². The second kappa shape index (κ2) is 13.3. The van der Waals surface area contributed by atoms with Crippen molar-refractivity contribution < 1.29 is 18.0 Å². The number of nitrogens with zero attached hydrogens (tertiary/aromatic N) is 2. The fourth-order valence-electron chi connectivity index (χ4n) is 4.55. The minimum atomic E-state index is -3.82. The standard InChI is InChI=1S/C26H32BrCl2N3O4S/c1-3-23(26(34)30-20-9-5-4-6-10-20)31(16-18-13-14-19(28)15-22(18)29)25(33)17-32(37(2,35)36)24-12-8-7-11-21(24)27/h7-8,11-15,20,23H,3-6,9-10,16-17H2,1-2H3,(H,30,34)/t23-/m1/s1. The molecule has 1 aliphatic carbocycles. The van der Waals surface area contributed by atoms with E-state index < -0.39 is 28.5 Å². The molecule has 0 radical (unpaired) electrons. The van der Waals surface area contributed by atoms with Gasteiger partial charge in [0.2, 0.25) is 21.8 Å². The monoisotopic (exact) mass is 631 g/mol. The van der Waals surface area contributed by atoms with Gasteiger partial charge in [0.1, 0.15) is 12.6 Å². The van der Waals surface area contributed by atoms with E-state index in [1.54, 1.807) is 42.5 Å². The molecule has 0 spiro atoms. The average Bonchev–Trinajstić information content (AvgIpc) is 2.84. The summed E-state index contributed by atoms with van der Waals surface area (Å²) in [6, 6.07) is 11.0. The predicted octanol–water partition coefficient (Wildman–Crippen LogP) is 5.78. The van der Waals surface area contributed by atoms with Crippen molar-refractivity contribution >= 4 is 66.7 Å². The molecule has 2 aromatic rings. The van der Waals surface area contributed by atoms with Crippen LogP contribution < -0.4 is 9.62 Å². The Balaban J connectivity index is 1.95. The van der Waals surface area contributed by atoms with E-state index in [9.17, 15) is 18.0 Å². The molecule has 1 fully saturated rings. The van der Waals surface area contributed by atoms with Crippen LogP contribution in [0, 0.1) is 0 Å². The van der Waals surface area contributed by atoms with Gasteiger partial charge < -0.3 is 10.2 Å². The quantitative estimate of drug-likeness (QED) is 0.360. The van der Waals surface area contributed by atoms with Gasteiger partial charge >= 0.3 is 0 Å². The third kappa shape index (κ3) is 8.09. The molecule has 0 saturated heterocycles. The summed E-state index contributed by atoms with van der Waals surface area (Å²) < 4.78 is 27.1. The molecule has 3 rings (SSSR count). The largest absolute Gasteiger partial charge is 0.352 e. The third-order valence-electron chi connectivity index (χ3n) is 6.49. The Morgan fingerprint density at radius 3 is 2.38 bits per heavy atom. The SMILES string of the molecule is CC[C@H](C(=O)NC1CCCCC1)N(Cc1ccc(Cl)cc1Cl)C(=O)CN(c1ccccc1Br)S(C)(=O)=O. The fourth-order valence-corrected chi connectivity index (χ4v) is 6.49. The summed E-state index contributed by atoms with van der Waals surface area (Å²) in [5.74, 6) is -0.766. The first kappa shape index (κ1) is 29.7. The average molecular weight is 633 g/mol. The van der Waals surface area contributed by atoms with Crippen molar-refractivity contribution in [2.45, 2.75) is 64.1 Å². The smallest absolute Gasteiger partial charge is 0.244 e. The molecule has 0 aromatic heterocycles. The Bertz CT molecular complexity index is 1220. The molecular formula is C26H32BrCl2N3O4S. The number of para-hydroxylation sites is 1. The zero-order chi connectivity index (χ0) is 27.2. The molecule has 0 bridgehead atoms. The maximum absolute atomic E-state index is 13.8. The van der Waals surface area contributed by atoms with E-state index >= 15 is 0 Å². The third-order valence-corrected chi connectivity index (χ3v) is 8.88. The van der Waals surface area contributed by atoms with Crippen LogP contribution in [0.2, 0.25) is 10.0 Å². The molecular weight excluding hydrogens is 601 g/mol. The lowest BCUT2D eigenvalue weighted by Gasteiger charge is -2.34. The highest BCUT2D eigenvalue weighted by Gasteiger charge is 2.33. The number of amides is 2. The highest BCUT2D eigenvalue weighted by Crippen LogP contribution is 2.29. The van der Waals surface area contributed by atoms with E-state index in [0.717, 1.165) is 42.7 Å². The second-order valence-electron chi connectivity index (χ2n) is 9.25. The van der Waals surface area contributed by atoms with Gasteiger partial charge in [-0.05, 0) is 65.0 Å². The van der Waals surface area contributed by atoms with E-state index in [-0.39, 0.29) is 18.5 Å². The Morgan fingerprint density at radius 2 is 1.78 bits per heavy atom. The van der Waals surface area contributed by atoms with Crippen LogP contribution in [0.3, 0.4) is 0 Å². The number of carbonyl (C=O) groups is 2. The number of rotatable bonds is 10. The number of nitrogens with one attached hydrogen (secondary N) is 1. The molecule has 0 unspecified atom stereocenters. The number of halogens is 3. The van der Waals surface area contributed by atoms with Gasteiger partial charge in [-0.25, -0.2) is 8.42 Å². The molecule has 2 amide bonds. The summed E-state index contributed by atoms with van der Waals surface area (Å²) in [4.78, 5) is 28.7. The summed E-state index contributed by atoms with van der Waals surface area (Å²) in [6.45, 7) is 1.38. The van der Waals surface area contributed by atoms with Crippen LogP contribution in [0.15, 0.2) is 46.9 Å². The minimum Gasteiger partial charge on any atom is -0.352 e. The molecule has 1 N–H and O–H groups in total. The van der Waals surface area contributed by atoms with Crippen LogP contribution in [0.4, 0.5) is 5.69 Å². The van der Waals surface area contributed by atoms with Gasteiger partial charge in [-0.15, -0.1) is 0 Å². The molecule has 1 aliphatic rings. The van der Waals surface area contributed by atoms with Crippen molar-refractivity contribution in [3.8, 4) is 0 Å². The fraction of sp³-hybridized carbons (Fsp3) is 0.462. The molecule has 0 aliphatic heterocycles. The van der Waals surface area contributed by atoms with E-state index in [1.807, 2.05) is 6.92 Å². The topological polar surface area (TPSA) is 86.8 Å². The van der Waals surface area contributed by atoms with E-state index in [4.69, 9.17) is 23.2 Å². The number of anilines is 1. The number of carbonyl (C=O) groups excluding carboxylic acids is 2. The van der Waals surface area contributed by atoms with Gasteiger partial charge in [-0.3, -0.25) is 13.9 Å². The molecule has 2 aromatic carbocycles. The first-order valence-corrected chi connectivity index (χ1v) is 15.7. The van der Waals surface area contributed by atoms with E-state index in [0.29, 0.717) is 32.2 Å². The van der Waals surface area contributed by atoms with Crippen LogP contribution in [-0.2, 0) is 26.2 Å². The van der Waals surface area contributed by atoms with Crippen LogP contribution in [0.25, 0.3) is 0 Å². The van der Waals surface area contributed by atoms with E-state index in [1.165, 1.54) is 4.90 Å². The van der Waals surface area contributed by atoms with Crippen molar-refractivity contribution in [2.75, 3.05) is 17.1 Å². The zero-order valence-corrected chi connectivity index (χ0v) is 24.8. The second-order valence-corrected chi connectivity index (χ2v) is 12.9. The molecule has 7 nitrogen and oxygen atoms in total. The van der Waals surface area contributed by atoms with Crippen LogP contribution >= 0.6 is 39.1 Å². The predicted molar refractivity (Wildman–Crippen MR) is 152 cm³/mol. The van der Waals surface area contributed by atoms with Crippen LogP contribution in [0.1, 0.15) is 51.0 Å². The maximum atomic E-state index is 13.8. The van der Waals surface area contributed by atoms with Crippen molar-refractivity contribution in [3.05, 3.63) is 62.5 Å². The molecule has 1 saturated carbocycles. The Morgan fingerprint density at radius 1 is 1.11 bits per heavy atom. The summed E-state index contributed by atoms with van der Waals surface area (Å²) in [6.07, 6.45) is 6.47. The minimum absolute atomic E-state index is 0.0268. The molecule has 0 heterocycles. The maximum Gasteiger partial charge on any atom is 0.244 e. The number of benzene rings is 2. The molecule has 202 valence electrons. The van der Waals surface area contributed by atoms with Crippen LogP contribution in [0.5, 0.6) is 0 Å². The summed E-state index contributed by atoms with van der Waals surface area (Å²) in [5.41, 5.74) is 0.942. The van der Waals surface area contributed by atoms with Crippen molar-refractivity contribution in [1.82, 2.24) is 10.2 Å². The van der Waals surface area contributed by atoms with Crippen molar-refractivity contribution in [3.63, 3.8) is 0 Å². The number of hydrogen-bond donors (Lipinski definition) is 1. The van der Waals surface area contributed by atoms with Gasteiger partial charge in [0.05, 0.1) is 11.9 Å². The molecule has 1 atom stereocenters. The van der Waals surface area contributed by atoms with Crippen molar-refractivity contribution in [1.29, 1.82) is 0 Å². The van der Waals surface area contributed by atoms with E-state index in [2.05, 4.69) is 21.2 Å². The molecule has 11 heteroatoms. The lowest BCUT2D eigenvalue weighted by Crippen LogP contribution is -2.54. The van der Waals surface area contributed by atoms with Crippen LogP contribution in [-0.4, -0.2) is 50.0 Å². The van der Waals surface area contributed by atoms with Gasteiger partial charge in [0.25, 0.3) is 0 Å². The zero-order valence-electron chi connectivity index (χ0n) is 20.9. The van der Waals surface area contributed by atoms with Gasteiger partial charge in [0, 0.05) is 27.1 Å². The number of hydrogen-bond acceptors (Lipinski definition) is 4. The number of sulfonamides is 1. The summed E-state index contributed by atoms with van der Waals surface area (Å²) in [7, 11) is -3.82. The van der Waals surface area contributed by atoms with Crippen molar-refractivity contribution in [2.24, 2.45) is 0 Å². The first-order valence-electron chi connectivity index (χ1n) is 12.3. The van der Waals surface area contributed by atoms with Gasteiger partial charge in [-0.1, -0.05) is 67.6 Å². The lowest BCUT2D eigenvalue weighted by atomic mass is 9.95. The lowest BCUT2D eigenvalue weighted by molar-refractivity contribution is -0.140. The Kier molecular flexibility index (Phi) is 10.7. The summed E-state index contributed by atoms with van der Waals surface area (Å²) in [5, 5.41) is 3.92. The first-order chi connectivity index (χ1) is 17.5. The highest BCUT2D eigenvalue weighted by atomic mass is 79.9.